The maximum absolute atomic E-state index is 8.77. The number of aliphatic hydroxyl groups excluding tert-OH is 1. The van der Waals surface area contributed by atoms with E-state index in [0.717, 1.165) is 17.7 Å². The van der Waals surface area contributed by atoms with E-state index in [1.54, 1.807) is 10.9 Å². The summed E-state index contributed by atoms with van der Waals surface area (Å²) < 4.78 is 1.71. The summed E-state index contributed by atoms with van der Waals surface area (Å²) in [6.07, 6.45) is 3.23. The zero-order valence-corrected chi connectivity index (χ0v) is 9.00. The summed E-state index contributed by atoms with van der Waals surface area (Å²) in [5.41, 5.74) is 7.93. The van der Waals surface area contributed by atoms with E-state index in [-0.39, 0.29) is 6.61 Å². The molecular formula is C12H15N3O. The molecule has 0 aliphatic heterocycles. The standard InChI is InChI=1S/C12H15N3O/c13-12-10(5-4-8-16)9-14-15(12)11-6-2-1-3-7-11/h1-3,6-7,9,16H,4-5,8,13H2. The summed E-state index contributed by atoms with van der Waals surface area (Å²) in [4.78, 5) is 0. The molecule has 16 heavy (non-hydrogen) atoms. The number of nitrogen functional groups attached to an aromatic ring is 1. The average molecular weight is 217 g/mol. The monoisotopic (exact) mass is 217 g/mol. The highest BCUT2D eigenvalue weighted by molar-refractivity contribution is 5.46. The van der Waals surface area contributed by atoms with Gasteiger partial charge in [-0.25, -0.2) is 4.68 Å². The topological polar surface area (TPSA) is 64.1 Å². The number of para-hydroxylation sites is 1. The van der Waals surface area contributed by atoms with E-state index in [9.17, 15) is 0 Å². The van der Waals surface area contributed by atoms with E-state index < -0.39 is 0 Å². The molecule has 0 aliphatic rings. The first-order valence-electron chi connectivity index (χ1n) is 5.31. The molecule has 0 unspecified atom stereocenters. The second kappa shape index (κ2) is 4.81. The van der Waals surface area contributed by atoms with Crippen LogP contribution in [-0.2, 0) is 6.42 Å². The first-order valence-corrected chi connectivity index (χ1v) is 5.31. The number of rotatable bonds is 4. The van der Waals surface area contributed by atoms with Gasteiger partial charge in [-0.05, 0) is 25.0 Å². The van der Waals surface area contributed by atoms with E-state index in [4.69, 9.17) is 10.8 Å². The molecule has 0 radical (unpaired) electrons. The van der Waals surface area contributed by atoms with E-state index >= 15 is 0 Å². The largest absolute Gasteiger partial charge is 0.396 e. The van der Waals surface area contributed by atoms with E-state index in [1.807, 2.05) is 30.3 Å². The normalized spacial score (nSPS) is 10.6. The number of hydrogen-bond acceptors (Lipinski definition) is 3. The van der Waals surface area contributed by atoms with Crippen LogP contribution in [0.1, 0.15) is 12.0 Å². The van der Waals surface area contributed by atoms with E-state index in [0.29, 0.717) is 12.2 Å². The van der Waals surface area contributed by atoms with Crippen molar-refractivity contribution in [3.8, 4) is 5.69 Å². The molecule has 1 aromatic carbocycles. The summed E-state index contributed by atoms with van der Waals surface area (Å²) in [7, 11) is 0. The Kier molecular flexibility index (Phi) is 3.22. The fourth-order valence-corrected chi connectivity index (χ4v) is 1.63. The molecule has 4 heteroatoms. The minimum absolute atomic E-state index is 0.177. The van der Waals surface area contributed by atoms with Gasteiger partial charge < -0.3 is 10.8 Å². The lowest BCUT2D eigenvalue weighted by Gasteiger charge is -2.04. The number of aliphatic hydroxyl groups is 1. The second-order valence-corrected chi connectivity index (χ2v) is 3.63. The number of aromatic nitrogens is 2. The third-order valence-electron chi connectivity index (χ3n) is 2.49. The van der Waals surface area contributed by atoms with Gasteiger partial charge in [0.2, 0.25) is 0 Å². The highest BCUT2D eigenvalue weighted by Gasteiger charge is 2.07. The van der Waals surface area contributed by atoms with Crippen molar-refractivity contribution in [3.05, 3.63) is 42.1 Å². The van der Waals surface area contributed by atoms with Crippen LogP contribution in [0.5, 0.6) is 0 Å². The molecule has 0 spiro atoms. The van der Waals surface area contributed by atoms with Crippen LogP contribution in [0.3, 0.4) is 0 Å². The fourth-order valence-electron chi connectivity index (χ4n) is 1.63. The summed E-state index contributed by atoms with van der Waals surface area (Å²) in [6.45, 7) is 0.177. The summed E-state index contributed by atoms with van der Waals surface area (Å²) in [5.74, 6) is 0.652. The molecule has 0 amide bonds. The molecule has 2 rings (SSSR count). The maximum atomic E-state index is 8.77. The molecule has 0 saturated carbocycles. The van der Waals surface area contributed by atoms with Crippen LogP contribution in [0, 0.1) is 0 Å². The predicted molar refractivity (Wildman–Crippen MR) is 63.4 cm³/mol. The molecule has 0 bridgehead atoms. The Morgan fingerprint density at radius 1 is 1.25 bits per heavy atom. The molecule has 1 heterocycles. The Morgan fingerprint density at radius 2 is 2.00 bits per heavy atom. The molecule has 0 saturated heterocycles. The molecule has 1 aromatic heterocycles. The van der Waals surface area contributed by atoms with Gasteiger partial charge in [-0.3, -0.25) is 0 Å². The molecular weight excluding hydrogens is 202 g/mol. The lowest BCUT2D eigenvalue weighted by molar-refractivity contribution is 0.288. The zero-order valence-electron chi connectivity index (χ0n) is 9.00. The van der Waals surface area contributed by atoms with E-state index in [1.165, 1.54) is 0 Å². The Balaban J connectivity index is 2.27. The predicted octanol–water partition coefficient (Wildman–Crippen LogP) is 1.38. The lowest BCUT2D eigenvalue weighted by Crippen LogP contribution is -2.03. The van der Waals surface area contributed by atoms with Crippen LogP contribution in [0.4, 0.5) is 5.82 Å². The van der Waals surface area contributed by atoms with Crippen molar-refractivity contribution in [1.29, 1.82) is 0 Å². The number of anilines is 1. The molecule has 0 fully saturated rings. The van der Waals surface area contributed by atoms with Crippen molar-refractivity contribution in [1.82, 2.24) is 9.78 Å². The van der Waals surface area contributed by atoms with Crippen molar-refractivity contribution in [3.63, 3.8) is 0 Å². The van der Waals surface area contributed by atoms with Crippen LogP contribution in [0.15, 0.2) is 36.5 Å². The minimum atomic E-state index is 0.177. The Hall–Kier alpha value is -1.81. The Morgan fingerprint density at radius 3 is 2.69 bits per heavy atom. The summed E-state index contributed by atoms with van der Waals surface area (Å²) in [5, 5.41) is 13.0. The SMILES string of the molecule is Nc1c(CCCO)cnn1-c1ccccc1. The van der Waals surface area contributed by atoms with Crippen molar-refractivity contribution in [2.75, 3.05) is 12.3 Å². The zero-order chi connectivity index (χ0) is 11.4. The number of hydrogen-bond donors (Lipinski definition) is 2. The highest BCUT2D eigenvalue weighted by Crippen LogP contribution is 2.17. The van der Waals surface area contributed by atoms with Gasteiger partial charge in [-0.15, -0.1) is 0 Å². The molecule has 0 aliphatic carbocycles. The lowest BCUT2D eigenvalue weighted by atomic mass is 10.2. The van der Waals surface area contributed by atoms with Gasteiger partial charge in [-0.2, -0.15) is 5.10 Å². The third kappa shape index (κ3) is 2.06. The van der Waals surface area contributed by atoms with Crippen molar-refractivity contribution < 1.29 is 5.11 Å². The maximum Gasteiger partial charge on any atom is 0.130 e. The smallest absolute Gasteiger partial charge is 0.130 e. The van der Waals surface area contributed by atoms with E-state index in [2.05, 4.69) is 5.10 Å². The average Bonchev–Trinajstić information content (AvgIpc) is 2.69. The third-order valence-corrected chi connectivity index (χ3v) is 2.49. The molecule has 4 nitrogen and oxygen atoms in total. The number of nitrogens with zero attached hydrogens (tertiary/aromatic N) is 2. The quantitative estimate of drug-likeness (QED) is 0.813. The van der Waals surface area contributed by atoms with Crippen LogP contribution in [0.25, 0.3) is 5.69 Å². The minimum Gasteiger partial charge on any atom is -0.396 e. The van der Waals surface area contributed by atoms with Gasteiger partial charge in [0.05, 0.1) is 11.9 Å². The fraction of sp³-hybridized carbons (Fsp3) is 0.250. The van der Waals surface area contributed by atoms with Crippen molar-refractivity contribution in [2.24, 2.45) is 0 Å². The van der Waals surface area contributed by atoms with Crippen LogP contribution >= 0.6 is 0 Å². The van der Waals surface area contributed by atoms with Gasteiger partial charge in [0.25, 0.3) is 0 Å². The molecule has 2 aromatic rings. The van der Waals surface area contributed by atoms with Crippen LogP contribution in [0.2, 0.25) is 0 Å². The number of nitrogens with two attached hydrogens (primary N) is 1. The number of benzene rings is 1. The molecule has 0 atom stereocenters. The number of aryl methyl sites for hydroxylation is 1. The summed E-state index contributed by atoms with van der Waals surface area (Å²) in [6, 6.07) is 9.77. The highest BCUT2D eigenvalue weighted by atomic mass is 16.2. The first-order chi connectivity index (χ1) is 7.83. The Bertz CT molecular complexity index is 451. The van der Waals surface area contributed by atoms with Crippen LogP contribution in [-0.4, -0.2) is 21.5 Å². The van der Waals surface area contributed by atoms with Gasteiger partial charge in [0.15, 0.2) is 0 Å². The van der Waals surface area contributed by atoms with Crippen molar-refractivity contribution in [2.45, 2.75) is 12.8 Å². The molecule has 84 valence electrons. The van der Waals surface area contributed by atoms with Crippen LogP contribution < -0.4 is 5.73 Å². The molecule has 3 N–H and O–H groups in total. The second-order valence-electron chi connectivity index (χ2n) is 3.63. The van der Waals surface area contributed by atoms with Gasteiger partial charge in [0.1, 0.15) is 5.82 Å². The van der Waals surface area contributed by atoms with Crippen molar-refractivity contribution >= 4 is 5.82 Å². The summed E-state index contributed by atoms with van der Waals surface area (Å²) >= 11 is 0. The Labute approximate surface area is 94.3 Å². The van der Waals surface area contributed by atoms with Gasteiger partial charge >= 0.3 is 0 Å². The van der Waals surface area contributed by atoms with Gasteiger partial charge in [0, 0.05) is 12.2 Å². The first kappa shape index (κ1) is 10.7. The van der Waals surface area contributed by atoms with Gasteiger partial charge in [-0.1, -0.05) is 18.2 Å².